The van der Waals surface area contributed by atoms with E-state index in [0.29, 0.717) is 0 Å². The predicted octanol–water partition coefficient (Wildman–Crippen LogP) is 4.74. The summed E-state index contributed by atoms with van der Waals surface area (Å²) in [6, 6.07) is 6.37. The summed E-state index contributed by atoms with van der Waals surface area (Å²) in [6.45, 7) is 15.1. The van der Waals surface area contributed by atoms with Crippen molar-refractivity contribution < 1.29 is 9.31 Å². The van der Waals surface area contributed by atoms with E-state index in [4.69, 9.17) is 9.31 Å². The van der Waals surface area contributed by atoms with Crippen LogP contribution in [0.15, 0.2) is 24.3 Å². The molecule has 0 saturated carbocycles. The molecule has 2 rings (SSSR count). The lowest BCUT2D eigenvalue weighted by atomic mass is 9.75. The molecular weight excluding hydrogens is 283 g/mol. The Balaban J connectivity index is 2.21. The third-order valence-electron chi connectivity index (χ3n) is 5.46. The van der Waals surface area contributed by atoms with Crippen molar-refractivity contribution in [3.8, 4) is 0 Å². The highest BCUT2D eigenvalue weighted by atomic mass is 16.7. The van der Waals surface area contributed by atoms with E-state index < -0.39 is 0 Å². The Hall–Kier alpha value is -1.06. The highest BCUT2D eigenvalue weighted by Gasteiger charge is 2.52. The molecule has 1 heterocycles. The maximum absolute atomic E-state index is 6.20. The fourth-order valence-corrected chi connectivity index (χ4v) is 2.67. The molecule has 1 aliphatic rings. The van der Waals surface area contributed by atoms with E-state index in [1.807, 2.05) is 0 Å². The van der Waals surface area contributed by atoms with Crippen LogP contribution in [0.1, 0.15) is 65.5 Å². The minimum Gasteiger partial charge on any atom is -0.399 e. The molecule has 1 aromatic carbocycles. The van der Waals surface area contributed by atoms with Crippen molar-refractivity contribution in [1.29, 1.82) is 0 Å². The molecule has 1 unspecified atom stereocenters. The Labute approximate surface area is 142 Å². The summed E-state index contributed by atoms with van der Waals surface area (Å²) in [4.78, 5) is 0. The van der Waals surface area contributed by atoms with Gasteiger partial charge in [0.2, 0.25) is 0 Å². The first-order chi connectivity index (χ1) is 10.7. The molecule has 0 spiro atoms. The van der Waals surface area contributed by atoms with Crippen molar-refractivity contribution >= 4 is 18.7 Å². The van der Waals surface area contributed by atoms with E-state index in [-0.39, 0.29) is 18.3 Å². The maximum Gasteiger partial charge on any atom is 0.495 e. The average molecular weight is 314 g/mol. The summed E-state index contributed by atoms with van der Waals surface area (Å²) >= 11 is 0. The molecule has 1 fully saturated rings. The first kappa shape index (κ1) is 18.3. The smallest absolute Gasteiger partial charge is 0.399 e. The molecule has 0 bridgehead atoms. The predicted molar refractivity (Wildman–Crippen MR) is 100 cm³/mol. The molecule has 0 aromatic heterocycles. The lowest BCUT2D eigenvalue weighted by Gasteiger charge is -2.32. The number of rotatable bonds is 5. The zero-order chi connectivity index (χ0) is 17.3. The molecule has 0 radical (unpaired) electrons. The highest BCUT2D eigenvalue weighted by Crippen LogP contribution is 2.36. The van der Waals surface area contributed by atoms with Crippen LogP contribution in [0.25, 0.3) is 6.08 Å². The average Bonchev–Trinajstić information content (AvgIpc) is 2.68. The summed E-state index contributed by atoms with van der Waals surface area (Å²) in [6.07, 6.45) is 6.86. The minimum absolute atomic E-state index is 0.289. The van der Waals surface area contributed by atoms with Gasteiger partial charge in [0, 0.05) is 0 Å². The second-order valence-corrected chi connectivity index (χ2v) is 7.80. The Morgan fingerprint density at radius 2 is 1.74 bits per heavy atom. The van der Waals surface area contributed by atoms with E-state index in [0.717, 1.165) is 17.8 Å². The van der Waals surface area contributed by atoms with Gasteiger partial charge in [-0.3, -0.25) is 0 Å². The van der Waals surface area contributed by atoms with Crippen molar-refractivity contribution in [3.63, 3.8) is 0 Å². The lowest BCUT2D eigenvalue weighted by Crippen LogP contribution is -2.41. The number of allylic oxidation sites excluding steroid dienone is 1. The minimum atomic E-state index is -0.299. The molecule has 3 heteroatoms. The fourth-order valence-electron chi connectivity index (χ4n) is 2.67. The van der Waals surface area contributed by atoms with Crippen LogP contribution in [0.5, 0.6) is 0 Å². The van der Waals surface area contributed by atoms with Gasteiger partial charge >= 0.3 is 7.12 Å². The Morgan fingerprint density at radius 1 is 1.13 bits per heavy atom. The first-order valence-corrected chi connectivity index (χ1v) is 8.79. The fraction of sp³-hybridized carbons (Fsp3) is 0.600. The summed E-state index contributed by atoms with van der Waals surface area (Å²) in [5, 5.41) is 0. The van der Waals surface area contributed by atoms with Crippen LogP contribution in [-0.4, -0.2) is 18.3 Å². The van der Waals surface area contributed by atoms with Gasteiger partial charge in [-0.2, -0.15) is 0 Å². The Kier molecular flexibility index (Phi) is 5.42. The quantitative estimate of drug-likeness (QED) is 0.731. The van der Waals surface area contributed by atoms with Crippen LogP contribution < -0.4 is 5.46 Å². The molecule has 23 heavy (non-hydrogen) atoms. The molecule has 0 amide bonds. The number of benzene rings is 1. The van der Waals surface area contributed by atoms with Crippen molar-refractivity contribution in [1.82, 2.24) is 0 Å². The van der Waals surface area contributed by atoms with Gasteiger partial charge in [-0.1, -0.05) is 50.6 Å². The Bertz CT molecular complexity index is 559. The van der Waals surface area contributed by atoms with Crippen LogP contribution in [0.3, 0.4) is 0 Å². The molecule has 0 N–H and O–H groups in total. The Morgan fingerprint density at radius 3 is 2.30 bits per heavy atom. The second kappa shape index (κ2) is 6.82. The zero-order valence-corrected chi connectivity index (χ0v) is 15.8. The van der Waals surface area contributed by atoms with Crippen LogP contribution in [-0.2, 0) is 9.31 Å². The van der Waals surface area contributed by atoms with Crippen molar-refractivity contribution in [2.45, 2.75) is 72.5 Å². The third-order valence-corrected chi connectivity index (χ3v) is 5.46. The van der Waals surface area contributed by atoms with Gasteiger partial charge in [0.25, 0.3) is 0 Å². The standard InChI is InChI=1S/C20H31BO2/c1-8-15(2)11-9-12-17-13-10-14-18(16(17)3)21-22-19(4,5)20(6,7)23-21/h9-10,12-15H,8,11H2,1-7H3/b12-9+. The molecule has 1 saturated heterocycles. The van der Waals surface area contributed by atoms with E-state index in [2.05, 4.69) is 78.8 Å². The van der Waals surface area contributed by atoms with Gasteiger partial charge in [0.05, 0.1) is 11.2 Å². The van der Waals surface area contributed by atoms with E-state index in [1.165, 1.54) is 17.5 Å². The molecular formula is C20H31BO2. The van der Waals surface area contributed by atoms with Gasteiger partial charge in [-0.05, 0) is 63.5 Å². The molecule has 2 nitrogen and oxygen atoms in total. The summed E-state index contributed by atoms with van der Waals surface area (Å²) < 4.78 is 12.4. The second-order valence-electron chi connectivity index (χ2n) is 7.80. The summed E-state index contributed by atoms with van der Waals surface area (Å²) in [5.74, 6) is 0.734. The largest absolute Gasteiger partial charge is 0.495 e. The lowest BCUT2D eigenvalue weighted by molar-refractivity contribution is 0.00578. The number of hydrogen-bond donors (Lipinski definition) is 0. The molecule has 1 atom stereocenters. The van der Waals surface area contributed by atoms with Crippen LogP contribution >= 0.6 is 0 Å². The maximum atomic E-state index is 6.20. The van der Waals surface area contributed by atoms with Crippen LogP contribution in [0.4, 0.5) is 0 Å². The van der Waals surface area contributed by atoms with Gasteiger partial charge in [-0.25, -0.2) is 0 Å². The van der Waals surface area contributed by atoms with E-state index >= 15 is 0 Å². The van der Waals surface area contributed by atoms with E-state index in [1.54, 1.807) is 0 Å². The monoisotopic (exact) mass is 314 g/mol. The normalized spacial score (nSPS) is 21.1. The molecule has 0 aliphatic carbocycles. The topological polar surface area (TPSA) is 18.5 Å². The van der Waals surface area contributed by atoms with Crippen molar-refractivity contribution in [3.05, 3.63) is 35.4 Å². The van der Waals surface area contributed by atoms with Crippen LogP contribution in [0.2, 0.25) is 0 Å². The molecule has 1 aromatic rings. The van der Waals surface area contributed by atoms with Crippen LogP contribution in [0, 0.1) is 12.8 Å². The summed E-state index contributed by atoms with van der Waals surface area (Å²) in [5.41, 5.74) is 3.03. The first-order valence-electron chi connectivity index (χ1n) is 8.79. The van der Waals surface area contributed by atoms with Gasteiger partial charge < -0.3 is 9.31 Å². The van der Waals surface area contributed by atoms with Gasteiger partial charge in [0.1, 0.15) is 0 Å². The van der Waals surface area contributed by atoms with Gasteiger partial charge in [0.15, 0.2) is 0 Å². The zero-order valence-electron chi connectivity index (χ0n) is 15.8. The highest BCUT2D eigenvalue weighted by molar-refractivity contribution is 6.62. The van der Waals surface area contributed by atoms with Crippen molar-refractivity contribution in [2.24, 2.45) is 5.92 Å². The van der Waals surface area contributed by atoms with E-state index in [9.17, 15) is 0 Å². The molecule has 1 aliphatic heterocycles. The SMILES string of the molecule is CCC(C)C/C=C/c1cccc(B2OC(C)(C)C(C)(C)O2)c1C. The number of hydrogen-bond acceptors (Lipinski definition) is 2. The molecule has 126 valence electrons. The van der Waals surface area contributed by atoms with Crippen molar-refractivity contribution in [2.75, 3.05) is 0 Å². The summed E-state index contributed by atoms with van der Waals surface area (Å²) in [7, 11) is -0.289. The van der Waals surface area contributed by atoms with Gasteiger partial charge in [-0.15, -0.1) is 0 Å². The third kappa shape index (κ3) is 3.89.